The van der Waals surface area contributed by atoms with Gasteiger partial charge in [0.05, 0.1) is 48.7 Å². The largest absolute Gasteiger partial charge is 0.497 e. The van der Waals surface area contributed by atoms with Crippen molar-refractivity contribution >= 4 is 51.0 Å². The number of carbonyl (C=O) groups is 1. The molecule has 1 aliphatic rings. The van der Waals surface area contributed by atoms with Crippen LogP contribution in [0.25, 0.3) is 32.8 Å². The normalized spacial score (nSPS) is 12.4. The summed E-state index contributed by atoms with van der Waals surface area (Å²) >= 11 is 8.54. The van der Waals surface area contributed by atoms with E-state index >= 15 is 0 Å². The lowest BCUT2D eigenvalue weighted by Gasteiger charge is -2.12. The van der Waals surface area contributed by atoms with Crippen molar-refractivity contribution in [2.75, 3.05) is 20.3 Å². The Kier molecular flexibility index (Phi) is 8.96. The molecule has 0 unspecified atom stereocenters. The molecule has 0 bridgehead atoms. The molecule has 7 rings (SSSR count). The number of benzene rings is 4. The fourth-order valence-electron chi connectivity index (χ4n) is 6.52. The molecule has 0 saturated heterocycles. The Hall–Kier alpha value is -4.64. The summed E-state index contributed by atoms with van der Waals surface area (Å²) in [6.07, 6.45) is 1.06. The number of thioether (sulfide) groups is 1. The van der Waals surface area contributed by atoms with Crippen molar-refractivity contribution in [1.29, 1.82) is 0 Å². The Morgan fingerprint density at radius 2 is 1.88 bits per heavy atom. The van der Waals surface area contributed by atoms with E-state index in [0.29, 0.717) is 71.4 Å². The molecule has 0 spiro atoms. The SMILES string of the molecule is COc1ccc(CSc2cc(OCCCc3c(C(=O)O)n(C)c4c(-c5c(CO)nn6c5OCC6)c(Cl)ccc34)c3ccccc3c2)cc1. The van der Waals surface area contributed by atoms with Gasteiger partial charge in [-0.15, -0.1) is 11.8 Å². The van der Waals surface area contributed by atoms with Gasteiger partial charge in [0.25, 0.3) is 0 Å². The van der Waals surface area contributed by atoms with E-state index in [9.17, 15) is 15.0 Å². The topological polar surface area (TPSA) is 108 Å². The standard InChI is InChI=1S/C37H34ClN3O6S/c1-40-34-28(13-14-29(38)32(34)33-30(20-42)39-41-15-17-47-36(33)41)27(35(40)37(43)44)8-5-16-46-31-19-25(18-23-6-3-4-7-26(23)31)48-21-22-9-11-24(45-2)12-10-22/h3-4,6-7,9-14,18-19,42H,5,8,15-17,20-21H2,1-2H3,(H,43,44). The number of aryl methyl sites for hydroxylation is 2. The van der Waals surface area contributed by atoms with Crippen LogP contribution in [0.15, 0.2) is 77.7 Å². The number of rotatable bonds is 12. The predicted octanol–water partition coefficient (Wildman–Crippen LogP) is 7.74. The molecule has 2 aromatic heterocycles. The van der Waals surface area contributed by atoms with Crippen LogP contribution >= 0.6 is 23.4 Å². The highest BCUT2D eigenvalue weighted by atomic mass is 35.5. The van der Waals surface area contributed by atoms with Crippen molar-refractivity contribution in [2.24, 2.45) is 7.05 Å². The molecular formula is C37H34ClN3O6S. The summed E-state index contributed by atoms with van der Waals surface area (Å²) in [7, 11) is 3.40. The molecule has 0 aliphatic carbocycles. The molecule has 0 amide bonds. The number of carboxylic acid groups (broad SMARTS) is 1. The number of aromatic carboxylic acids is 1. The summed E-state index contributed by atoms with van der Waals surface area (Å²) in [5.41, 5.74) is 4.37. The molecule has 1 aliphatic heterocycles. The summed E-state index contributed by atoms with van der Waals surface area (Å²) in [5.74, 6) is 1.93. The van der Waals surface area contributed by atoms with E-state index in [-0.39, 0.29) is 12.3 Å². The molecule has 2 N–H and O–H groups in total. The maximum absolute atomic E-state index is 12.7. The fourth-order valence-corrected chi connectivity index (χ4v) is 7.69. The summed E-state index contributed by atoms with van der Waals surface area (Å²) in [4.78, 5) is 13.8. The average molecular weight is 684 g/mol. The van der Waals surface area contributed by atoms with Gasteiger partial charge >= 0.3 is 5.97 Å². The van der Waals surface area contributed by atoms with Crippen LogP contribution in [0.3, 0.4) is 0 Å². The monoisotopic (exact) mass is 683 g/mol. The van der Waals surface area contributed by atoms with Crippen LogP contribution in [0.2, 0.25) is 5.02 Å². The van der Waals surface area contributed by atoms with E-state index < -0.39 is 5.97 Å². The number of hydrogen-bond acceptors (Lipinski definition) is 7. The molecule has 0 saturated carbocycles. The van der Waals surface area contributed by atoms with Crippen LogP contribution < -0.4 is 14.2 Å². The van der Waals surface area contributed by atoms with Gasteiger partial charge in [-0.1, -0.05) is 54.1 Å². The molecule has 246 valence electrons. The highest BCUT2D eigenvalue weighted by Gasteiger charge is 2.30. The third-order valence-electron chi connectivity index (χ3n) is 8.72. The van der Waals surface area contributed by atoms with Gasteiger partial charge in [0.15, 0.2) is 0 Å². The lowest BCUT2D eigenvalue weighted by molar-refractivity contribution is 0.0685. The number of methoxy groups -OCH3 is 1. The van der Waals surface area contributed by atoms with Gasteiger partial charge in [0.2, 0.25) is 5.88 Å². The van der Waals surface area contributed by atoms with Gasteiger partial charge in [-0.25, -0.2) is 9.48 Å². The van der Waals surface area contributed by atoms with Gasteiger partial charge in [0, 0.05) is 34.0 Å². The first-order valence-corrected chi connectivity index (χ1v) is 17.0. The zero-order valence-corrected chi connectivity index (χ0v) is 28.1. The minimum Gasteiger partial charge on any atom is -0.497 e. The predicted molar refractivity (Wildman–Crippen MR) is 188 cm³/mol. The zero-order chi connectivity index (χ0) is 33.4. The molecule has 6 aromatic rings. The Bertz CT molecular complexity index is 2160. The van der Waals surface area contributed by atoms with Crippen LogP contribution in [0.4, 0.5) is 0 Å². The van der Waals surface area contributed by atoms with E-state index in [1.54, 1.807) is 41.2 Å². The number of aliphatic hydroxyl groups excluding tert-OH is 1. The number of halogens is 1. The lowest BCUT2D eigenvalue weighted by atomic mass is 9.99. The molecule has 48 heavy (non-hydrogen) atoms. The lowest BCUT2D eigenvalue weighted by Crippen LogP contribution is -2.09. The quantitative estimate of drug-likeness (QED) is 0.0996. The summed E-state index contributed by atoms with van der Waals surface area (Å²) in [6.45, 7) is 1.12. The zero-order valence-electron chi connectivity index (χ0n) is 26.5. The molecule has 3 heterocycles. The summed E-state index contributed by atoms with van der Waals surface area (Å²) < 4.78 is 21.0. The highest BCUT2D eigenvalue weighted by Crippen LogP contribution is 2.45. The fraction of sp³-hybridized carbons (Fsp3) is 0.243. The molecule has 0 radical (unpaired) electrons. The number of carboxylic acids is 1. The number of aliphatic hydroxyl groups is 1. The highest BCUT2D eigenvalue weighted by molar-refractivity contribution is 7.98. The molecule has 0 atom stereocenters. The van der Waals surface area contributed by atoms with Crippen molar-refractivity contribution in [3.8, 4) is 28.5 Å². The Morgan fingerprint density at radius 1 is 1.06 bits per heavy atom. The van der Waals surface area contributed by atoms with Gasteiger partial charge in [-0.3, -0.25) is 0 Å². The maximum Gasteiger partial charge on any atom is 0.352 e. The van der Waals surface area contributed by atoms with E-state index in [0.717, 1.165) is 38.3 Å². The van der Waals surface area contributed by atoms with Gasteiger partial charge in [-0.2, -0.15) is 5.10 Å². The average Bonchev–Trinajstić information content (AvgIpc) is 3.77. The van der Waals surface area contributed by atoms with Gasteiger partial charge in [-0.05, 0) is 59.7 Å². The Balaban J connectivity index is 1.15. The van der Waals surface area contributed by atoms with Crippen molar-refractivity contribution in [1.82, 2.24) is 14.3 Å². The van der Waals surface area contributed by atoms with Gasteiger partial charge in [0.1, 0.15) is 23.8 Å². The first-order valence-electron chi connectivity index (χ1n) is 15.7. The number of ether oxygens (including phenoxy) is 3. The van der Waals surface area contributed by atoms with E-state index in [4.69, 9.17) is 25.8 Å². The number of hydrogen-bond donors (Lipinski definition) is 2. The molecule has 4 aromatic carbocycles. The van der Waals surface area contributed by atoms with E-state index in [1.165, 1.54) is 5.56 Å². The Labute approximate surface area is 286 Å². The van der Waals surface area contributed by atoms with Crippen LogP contribution in [0.1, 0.15) is 33.7 Å². The van der Waals surface area contributed by atoms with Crippen LogP contribution in [0, 0.1) is 0 Å². The molecule has 0 fully saturated rings. The first kappa shape index (κ1) is 31.9. The second kappa shape index (κ2) is 13.5. The van der Waals surface area contributed by atoms with Gasteiger partial charge < -0.3 is 29.0 Å². The van der Waals surface area contributed by atoms with Crippen LogP contribution in [-0.4, -0.2) is 50.9 Å². The smallest absolute Gasteiger partial charge is 0.352 e. The second-order valence-corrected chi connectivity index (χ2v) is 13.1. The Morgan fingerprint density at radius 3 is 2.65 bits per heavy atom. The first-order chi connectivity index (χ1) is 23.4. The molecule has 9 nitrogen and oxygen atoms in total. The third kappa shape index (κ3) is 5.85. The summed E-state index contributed by atoms with van der Waals surface area (Å²) in [5, 5.41) is 28.3. The molecule has 11 heteroatoms. The third-order valence-corrected chi connectivity index (χ3v) is 10.1. The van der Waals surface area contributed by atoms with Crippen LogP contribution in [0.5, 0.6) is 17.4 Å². The van der Waals surface area contributed by atoms with Crippen molar-refractivity contribution < 1.29 is 29.2 Å². The minimum atomic E-state index is -1.03. The summed E-state index contributed by atoms with van der Waals surface area (Å²) in [6, 6.07) is 24.1. The van der Waals surface area contributed by atoms with E-state index in [2.05, 4.69) is 41.5 Å². The van der Waals surface area contributed by atoms with Crippen LogP contribution in [-0.2, 0) is 32.4 Å². The maximum atomic E-state index is 12.7. The van der Waals surface area contributed by atoms with Crippen molar-refractivity contribution in [3.63, 3.8) is 0 Å². The number of nitrogens with zero attached hydrogens (tertiary/aromatic N) is 3. The number of fused-ring (bicyclic) bond motifs is 3. The minimum absolute atomic E-state index is 0.186. The van der Waals surface area contributed by atoms with Crippen molar-refractivity contribution in [3.05, 3.63) is 100 Å². The van der Waals surface area contributed by atoms with E-state index in [1.807, 2.05) is 30.3 Å². The van der Waals surface area contributed by atoms with Crippen molar-refractivity contribution in [2.45, 2.75) is 36.6 Å². The molecular weight excluding hydrogens is 650 g/mol. The number of aromatic nitrogens is 3. The second-order valence-electron chi connectivity index (χ2n) is 11.6.